The largest absolute Gasteiger partial charge is 0.363 e. The minimum Gasteiger partial charge on any atom is -0.363 e. The van der Waals surface area contributed by atoms with Crippen LogP contribution in [0.4, 0.5) is 5.69 Å². The van der Waals surface area contributed by atoms with Gasteiger partial charge in [-0.3, -0.25) is 9.67 Å². The molecule has 1 aromatic heterocycles. The predicted octanol–water partition coefficient (Wildman–Crippen LogP) is 4.42. The van der Waals surface area contributed by atoms with Crippen molar-refractivity contribution in [2.24, 2.45) is 0 Å². The molecule has 3 N–H and O–H groups in total. The topological polar surface area (TPSA) is 57.7 Å². The number of thiocarbonyl (C=S) groups is 1. The summed E-state index contributed by atoms with van der Waals surface area (Å²) < 4.78 is 2.91. The van der Waals surface area contributed by atoms with Gasteiger partial charge >= 0.3 is 0 Å². The van der Waals surface area contributed by atoms with Crippen LogP contribution in [0, 0.1) is 4.77 Å². The molecular formula is C17H23N5S2. The van der Waals surface area contributed by atoms with E-state index >= 15 is 0 Å². The molecule has 0 spiro atoms. The average Bonchev–Trinajstić information content (AvgIpc) is 2.98. The van der Waals surface area contributed by atoms with Crippen molar-refractivity contribution in [2.75, 3.05) is 11.9 Å². The molecule has 1 heterocycles. The first kappa shape index (κ1) is 17.1. The Hall–Kier alpha value is -1.73. The van der Waals surface area contributed by atoms with Gasteiger partial charge in [0.25, 0.3) is 0 Å². The second kappa shape index (κ2) is 7.90. The molecule has 5 nitrogen and oxygen atoms in total. The summed E-state index contributed by atoms with van der Waals surface area (Å²) in [5.41, 5.74) is 2.02. The molecule has 24 heavy (non-hydrogen) atoms. The van der Waals surface area contributed by atoms with E-state index in [0.717, 1.165) is 23.6 Å². The lowest BCUT2D eigenvalue weighted by atomic mass is 9.95. The smallest absolute Gasteiger partial charge is 0.195 e. The van der Waals surface area contributed by atoms with Gasteiger partial charge in [-0.2, -0.15) is 5.10 Å². The van der Waals surface area contributed by atoms with Crippen molar-refractivity contribution in [2.45, 2.75) is 45.1 Å². The van der Waals surface area contributed by atoms with Crippen LogP contribution in [0.3, 0.4) is 0 Å². The Kier molecular flexibility index (Phi) is 5.63. The summed E-state index contributed by atoms with van der Waals surface area (Å²) in [7, 11) is 0. The maximum atomic E-state index is 5.47. The van der Waals surface area contributed by atoms with Gasteiger partial charge in [0.15, 0.2) is 15.7 Å². The summed E-state index contributed by atoms with van der Waals surface area (Å²) in [5.74, 6) is 0.924. The molecule has 1 aliphatic rings. The fraction of sp³-hybridized carbons (Fsp3) is 0.471. The minimum absolute atomic E-state index is 0.458. The Balaban J connectivity index is 1.82. The van der Waals surface area contributed by atoms with Crippen LogP contribution >= 0.6 is 24.4 Å². The zero-order valence-corrected chi connectivity index (χ0v) is 15.5. The molecule has 0 bridgehead atoms. The highest BCUT2D eigenvalue weighted by molar-refractivity contribution is 7.80. The quantitative estimate of drug-likeness (QED) is 0.704. The molecule has 128 valence electrons. The van der Waals surface area contributed by atoms with Crippen molar-refractivity contribution in [3.8, 4) is 11.4 Å². The Morgan fingerprint density at radius 1 is 1.25 bits per heavy atom. The van der Waals surface area contributed by atoms with Gasteiger partial charge < -0.3 is 10.6 Å². The van der Waals surface area contributed by atoms with E-state index in [1.54, 1.807) is 0 Å². The number of rotatable bonds is 4. The molecule has 0 amide bonds. The minimum atomic E-state index is 0.458. The van der Waals surface area contributed by atoms with Crippen LogP contribution in [0.15, 0.2) is 24.3 Å². The lowest BCUT2D eigenvalue weighted by Gasteiger charge is -2.24. The van der Waals surface area contributed by atoms with Crippen molar-refractivity contribution in [3.63, 3.8) is 0 Å². The van der Waals surface area contributed by atoms with Crippen molar-refractivity contribution in [1.82, 2.24) is 20.1 Å². The highest BCUT2D eigenvalue weighted by Crippen LogP contribution is 2.32. The number of nitrogens with one attached hydrogen (secondary N) is 3. The lowest BCUT2D eigenvalue weighted by molar-refractivity contribution is 0.352. The molecule has 1 fully saturated rings. The van der Waals surface area contributed by atoms with Gasteiger partial charge in [0.1, 0.15) is 0 Å². The Morgan fingerprint density at radius 2 is 1.96 bits per heavy atom. The summed E-state index contributed by atoms with van der Waals surface area (Å²) in [6.07, 6.45) is 6.21. The monoisotopic (exact) mass is 361 g/mol. The van der Waals surface area contributed by atoms with Crippen LogP contribution < -0.4 is 10.6 Å². The number of anilines is 1. The van der Waals surface area contributed by atoms with Crippen LogP contribution in [0.2, 0.25) is 0 Å². The lowest BCUT2D eigenvalue weighted by Crippen LogP contribution is -2.27. The number of H-pyrrole nitrogens is 1. The molecule has 0 unspecified atom stereocenters. The van der Waals surface area contributed by atoms with E-state index in [1.807, 2.05) is 19.1 Å². The summed E-state index contributed by atoms with van der Waals surface area (Å²) in [4.78, 5) is 0. The van der Waals surface area contributed by atoms with E-state index in [-0.39, 0.29) is 0 Å². The Morgan fingerprint density at radius 3 is 2.62 bits per heavy atom. The standard InChI is InChI=1S/C17H23N5S2/c1-2-18-16(23)19-13-10-8-12(9-11-13)15-20-21-17(24)22(15)14-6-4-3-5-7-14/h8-11,14H,2-7H2,1H3,(H,21,24)(H2,18,19,23). The SMILES string of the molecule is CCNC(=S)Nc1ccc(-c2n[nH]c(=S)n2C2CCCCC2)cc1. The van der Waals surface area contributed by atoms with Crippen LogP contribution in [0.5, 0.6) is 0 Å². The van der Waals surface area contributed by atoms with E-state index in [2.05, 4.69) is 37.5 Å². The molecule has 3 rings (SSSR count). The molecule has 0 saturated heterocycles. The van der Waals surface area contributed by atoms with E-state index in [4.69, 9.17) is 24.4 Å². The number of nitrogens with zero attached hydrogens (tertiary/aromatic N) is 2. The van der Waals surface area contributed by atoms with Gasteiger partial charge in [-0.1, -0.05) is 19.3 Å². The third-order valence-electron chi connectivity index (χ3n) is 4.38. The first-order valence-corrected chi connectivity index (χ1v) is 9.33. The Labute approximate surface area is 152 Å². The van der Waals surface area contributed by atoms with Gasteiger partial charge in [-0.15, -0.1) is 0 Å². The third kappa shape index (κ3) is 3.84. The molecule has 0 atom stereocenters. The van der Waals surface area contributed by atoms with Gasteiger partial charge in [-0.05, 0) is 68.5 Å². The Bertz CT molecular complexity index is 741. The predicted molar refractivity (Wildman–Crippen MR) is 105 cm³/mol. The summed E-state index contributed by atoms with van der Waals surface area (Å²) in [5, 5.41) is 14.3. The van der Waals surface area contributed by atoms with E-state index in [9.17, 15) is 0 Å². The molecular weight excluding hydrogens is 338 g/mol. The average molecular weight is 362 g/mol. The fourth-order valence-electron chi connectivity index (χ4n) is 3.22. The molecule has 1 saturated carbocycles. The maximum Gasteiger partial charge on any atom is 0.195 e. The number of hydrogen-bond acceptors (Lipinski definition) is 3. The fourth-order valence-corrected chi connectivity index (χ4v) is 3.77. The summed E-state index contributed by atoms with van der Waals surface area (Å²) in [6, 6.07) is 8.60. The highest BCUT2D eigenvalue weighted by Gasteiger charge is 2.20. The molecule has 2 aromatic rings. The zero-order chi connectivity index (χ0) is 16.9. The molecule has 1 aliphatic carbocycles. The van der Waals surface area contributed by atoms with Crippen LogP contribution in [-0.2, 0) is 0 Å². The number of hydrogen-bond donors (Lipinski definition) is 3. The van der Waals surface area contributed by atoms with Crippen LogP contribution in [-0.4, -0.2) is 26.4 Å². The second-order valence-electron chi connectivity index (χ2n) is 6.08. The molecule has 0 radical (unpaired) electrons. The number of aromatic nitrogens is 3. The van der Waals surface area contributed by atoms with Gasteiger partial charge in [0.05, 0.1) is 0 Å². The molecule has 7 heteroatoms. The van der Waals surface area contributed by atoms with E-state index in [0.29, 0.717) is 15.9 Å². The normalized spacial score (nSPS) is 15.2. The van der Waals surface area contributed by atoms with Gasteiger partial charge in [0.2, 0.25) is 0 Å². The second-order valence-corrected chi connectivity index (χ2v) is 6.87. The van der Waals surface area contributed by atoms with Crippen LogP contribution in [0.1, 0.15) is 45.1 Å². The first-order chi connectivity index (χ1) is 11.7. The van der Waals surface area contributed by atoms with Crippen molar-refractivity contribution in [1.29, 1.82) is 0 Å². The maximum absolute atomic E-state index is 5.47. The highest BCUT2D eigenvalue weighted by atomic mass is 32.1. The van der Waals surface area contributed by atoms with Gasteiger partial charge in [-0.25, -0.2) is 0 Å². The first-order valence-electron chi connectivity index (χ1n) is 8.51. The van der Waals surface area contributed by atoms with Crippen molar-refractivity contribution < 1.29 is 0 Å². The van der Waals surface area contributed by atoms with Crippen LogP contribution in [0.25, 0.3) is 11.4 Å². The van der Waals surface area contributed by atoms with E-state index < -0.39 is 0 Å². The third-order valence-corrected chi connectivity index (χ3v) is 4.92. The molecule has 0 aliphatic heterocycles. The van der Waals surface area contributed by atoms with E-state index in [1.165, 1.54) is 32.1 Å². The van der Waals surface area contributed by atoms with Crippen molar-refractivity contribution in [3.05, 3.63) is 29.0 Å². The summed E-state index contributed by atoms with van der Waals surface area (Å²) >= 11 is 10.7. The molecule has 1 aromatic carbocycles. The summed E-state index contributed by atoms with van der Waals surface area (Å²) in [6.45, 7) is 2.82. The number of benzene rings is 1. The zero-order valence-electron chi connectivity index (χ0n) is 13.8. The van der Waals surface area contributed by atoms with Crippen molar-refractivity contribution >= 4 is 35.2 Å². The van der Waals surface area contributed by atoms with Gasteiger partial charge in [0, 0.05) is 23.8 Å². The number of aromatic amines is 1.